The van der Waals surface area contributed by atoms with Gasteiger partial charge in [-0.3, -0.25) is 0 Å². The molecular weight excluding hydrogens is 316 g/mol. The normalized spacial score (nSPS) is 11.1. The fourth-order valence-corrected chi connectivity index (χ4v) is 2.44. The topological polar surface area (TPSA) is 75.3 Å². The van der Waals surface area contributed by atoms with Crippen molar-refractivity contribution in [3.05, 3.63) is 65.9 Å². The lowest BCUT2D eigenvalue weighted by atomic mass is 10.1. The molecule has 0 spiro atoms. The first kappa shape index (κ1) is 16.3. The van der Waals surface area contributed by atoms with Crippen LogP contribution in [0, 0.1) is 11.3 Å². The van der Waals surface area contributed by atoms with Crippen LogP contribution in [0.25, 0.3) is 17.0 Å². The quantitative estimate of drug-likeness (QED) is 0.418. The van der Waals surface area contributed by atoms with Crippen LogP contribution in [0.15, 0.2) is 64.6 Å². The number of nitriles is 1. The molecule has 1 N–H and O–H groups in total. The van der Waals surface area contributed by atoms with E-state index < -0.39 is 5.97 Å². The van der Waals surface area contributed by atoms with E-state index in [1.165, 1.54) is 6.08 Å². The first-order valence-corrected chi connectivity index (χ1v) is 7.85. The Morgan fingerprint density at radius 2 is 1.92 bits per heavy atom. The molecule has 0 aliphatic heterocycles. The maximum Gasteiger partial charge on any atom is 0.349 e. The van der Waals surface area contributed by atoms with Crippen molar-refractivity contribution >= 4 is 34.4 Å². The Kier molecular flexibility index (Phi) is 4.82. The predicted molar refractivity (Wildman–Crippen MR) is 96.2 cm³/mol. The highest BCUT2D eigenvalue weighted by molar-refractivity contribution is 6.02. The molecule has 0 amide bonds. The highest BCUT2D eigenvalue weighted by Gasteiger charge is 2.17. The van der Waals surface area contributed by atoms with Crippen molar-refractivity contribution in [2.75, 3.05) is 11.9 Å². The van der Waals surface area contributed by atoms with Gasteiger partial charge in [-0.15, -0.1) is 0 Å². The number of fused-ring (bicyclic) bond motifs is 1. The van der Waals surface area contributed by atoms with Gasteiger partial charge in [-0.1, -0.05) is 30.3 Å². The number of hydrogen-bond donors (Lipinski definition) is 1. The number of ether oxygens (including phenoxy) is 1. The van der Waals surface area contributed by atoms with E-state index in [4.69, 9.17) is 9.15 Å². The second-order valence-corrected chi connectivity index (χ2v) is 5.22. The molecule has 0 bridgehead atoms. The Labute approximate surface area is 145 Å². The molecule has 5 heteroatoms. The second-order valence-electron chi connectivity index (χ2n) is 5.22. The SMILES string of the molecule is CCOC(=O)/C(C#N)=C\c1oc2ccccc2c1Nc1ccccc1. The minimum atomic E-state index is -0.670. The molecule has 1 aromatic heterocycles. The van der Waals surface area contributed by atoms with E-state index in [1.54, 1.807) is 6.92 Å². The zero-order chi connectivity index (χ0) is 17.6. The molecule has 3 rings (SSSR count). The van der Waals surface area contributed by atoms with Crippen molar-refractivity contribution in [2.24, 2.45) is 0 Å². The summed E-state index contributed by atoms with van der Waals surface area (Å²) in [5.41, 5.74) is 2.11. The molecule has 1 heterocycles. The molecule has 0 aliphatic rings. The van der Waals surface area contributed by atoms with Crippen LogP contribution in [0.5, 0.6) is 0 Å². The van der Waals surface area contributed by atoms with Crippen LogP contribution in [0.4, 0.5) is 11.4 Å². The maximum atomic E-state index is 11.9. The van der Waals surface area contributed by atoms with Crippen molar-refractivity contribution in [3.8, 4) is 6.07 Å². The number of esters is 1. The largest absolute Gasteiger partial charge is 0.462 e. The van der Waals surface area contributed by atoms with Crippen LogP contribution in [0.3, 0.4) is 0 Å². The number of para-hydroxylation sites is 2. The van der Waals surface area contributed by atoms with E-state index >= 15 is 0 Å². The Morgan fingerprint density at radius 1 is 1.20 bits per heavy atom. The molecule has 3 aromatic rings. The smallest absolute Gasteiger partial charge is 0.349 e. The molecule has 5 nitrogen and oxygen atoms in total. The average molecular weight is 332 g/mol. The van der Waals surface area contributed by atoms with Crippen LogP contribution >= 0.6 is 0 Å². The van der Waals surface area contributed by atoms with Crippen LogP contribution in [0.1, 0.15) is 12.7 Å². The summed E-state index contributed by atoms with van der Waals surface area (Å²) in [5.74, 6) is -0.272. The van der Waals surface area contributed by atoms with Gasteiger partial charge >= 0.3 is 5.97 Å². The first-order valence-electron chi connectivity index (χ1n) is 7.85. The summed E-state index contributed by atoms with van der Waals surface area (Å²) in [6.45, 7) is 1.89. The molecular formula is C20H16N2O3. The number of anilines is 2. The summed E-state index contributed by atoms with van der Waals surface area (Å²) in [6.07, 6.45) is 1.41. The van der Waals surface area contributed by atoms with E-state index in [0.717, 1.165) is 11.1 Å². The number of nitrogens with one attached hydrogen (secondary N) is 1. The zero-order valence-electron chi connectivity index (χ0n) is 13.7. The Balaban J connectivity index is 2.10. The highest BCUT2D eigenvalue weighted by atomic mass is 16.5. The maximum absolute atomic E-state index is 11.9. The third-order valence-electron chi connectivity index (χ3n) is 3.56. The first-order chi connectivity index (χ1) is 12.2. The number of rotatable bonds is 5. The van der Waals surface area contributed by atoms with E-state index in [0.29, 0.717) is 17.0 Å². The number of hydrogen-bond acceptors (Lipinski definition) is 5. The van der Waals surface area contributed by atoms with Gasteiger partial charge in [0.05, 0.1) is 12.3 Å². The Hall–Kier alpha value is -3.52. The molecule has 0 atom stereocenters. The number of nitrogens with zero attached hydrogens (tertiary/aromatic N) is 1. The van der Waals surface area contributed by atoms with Crippen molar-refractivity contribution in [2.45, 2.75) is 6.92 Å². The van der Waals surface area contributed by atoms with Crippen LogP contribution in [0.2, 0.25) is 0 Å². The molecule has 124 valence electrons. The van der Waals surface area contributed by atoms with Gasteiger partial charge in [0, 0.05) is 17.1 Å². The number of furan rings is 1. The molecule has 2 aromatic carbocycles. The zero-order valence-corrected chi connectivity index (χ0v) is 13.7. The Morgan fingerprint density at radius 3 is 2.64 bits per heavy atom. The lowest BCUT2D eigenvalue weighted by Crippen LogP contribution is -2.06. The van der Waals surface area contributed by atoms with E-state index in [2.05, 4.69) is 5.32 Å². The van der Waals surface area contributed by atoms with E-state index in [1.807, 2.05) is 60.7 Å². The molecule has 0 radical (unpaired) electrons. The van der Waals surface area contributed by atoms with Gasteiger partial charge in [-0.05, 0) is 31.2 Å². The minimum Gasteiger partial charge on any atom is -0.462 e. The molecule has 0 saturated carbocycles. The van der Waals surface area contributed by atoms with Gasteiger partial charge in [-0.25, -0.2) is 4.79 Å². The number of carbonyl (C=O) groups is 1. The van der Waals surface area contributed by atoms with Gasteiger partial charge in [0.1, 0.15) is 17.2 Å². The van der Waals surface area contributed by atoms with Crippen LogP contribution in [-0.2, 0) is 9.53 Å². The summed E-state index contributed by atoms with van der Waals surface area (Å²) < 4.78 is 10.7. The second kappa shape index (κ2) is 7.37. The van der Waals surface area contributed by atoms with E-state index in [-0.39, 0.29) is 12.2 Å². The van der Waals surface area contributed by atoms with Gasteiger partial charge < -0.3 is 14.5 Å². The molecule has 0 fully saturated rings. The fourth-order valence-electron chi connectivity index (χ4n) is 2.44. The van der Waals surface area contributed by atoms with E-state index in [9.17, 15) is 10.1 Å². The summed E-state index contributed by atoms with van der Waals surface area (Å²) >= 11 is 0. The van der Waals surface area contributed by atoms with Crippen LogP contribution in [-0.4, -0.2) is 12.6 Å². The standard InChI is InChI=1S/C20H16N2O3/c1-2-24-20(23)14(13-21)12-18-19(22-15-8-4-3-5-9-15)16-10-6-7-11-17(16)25-18/h3-12,22H,2H2,1H3/b14-12-. The highest BCUT2D eigenvalue weighted by Crippen LogP contribution is 2.34. The lowest BCUT2D eigenvalue weighted by molar-refractivity contribution is -0.137. The van der Waals surface area contributed by atoms with Crippen molar-refractivity contribution in [3.63, 3.8) is 0 Å². The third kappa shape index (κ3) is 3.54. The average Bonchev–Trinajstić information content (AvgIpc) is 2.98. The predicted octanol–water partition coefficient (Wildman–Crippen LogP) is 4.65. The lowest BCUT2D eigenvalue weighted by Gasteiger charge is -2.06. The minimum absolute atomic E-state index is 0.114. The van der Waals surface area contributed by atoms with Crippen molar-refractivity contribution in [1.82, 2.24) is 0 Å². The summed E-state index contributed by atoms with van der Waals surface area (Å²) in [7, 11) is 0. The van der Waals surface area contributed by atoms with Crippen LogP contribution < -0.4 is 5.32 Å². The molecule has 0 unspecified atom stereocenters. The Bertz CT molecular complexity index is 966. The number of benzene rings is 2. The molecule has 0 aliphatic carbocycles. The van der Waals surface area contributed by atoms with Gasteiger partial charge in [-0.2, -0.15) is 5.26 Å². The number of carbonyl (C=O) groups excluding carboxylic acids is 1. The fraction of sp³-hybridized carbons (Fsp3) is 0.100. The van der Waals surface area contributed by atoms with Gasteiger partial charge in [0.2, 0.25) is 0 Å². The van der Waals surface area contributed by atoms with Gasteiger partial charge in [0.25, 0.3) is 0 Å². The van der Waals surface area contributed by atoms with Crippen molar-refractivity contribution < 1.29 is 13.9 Å². The van der Waals surface area contributed by atoms with Gasteiger partial charge in [0.15, 0.2) is 5.76 Å². The monoisotopic (exact) mass is 332 g/mol. The molecule has 0 saturated heterocycles. The summed E-state index contributed by atoms with van der Waals surface area (Å²) in [5, 5.41) is 13.4. The third-order valence-corrected chi connectivity index (χ3v) is 3.56. The summed E-state index contributed by atoms with van der Waals surface area (Å²) in [6, 6.07) is 19.0. The summed E-state index contributed by atoms with van der Waals surface area (Å²) in [4.78, 5) is 11.9. The molecule has 25 heavy (non-hydrogen) atoms. The van der Waals surface area contributed by atoms with Crippen molar-refractivity contribution in [1.29, 1.82) is 5.26 Å².